The molecule has 0 aliphatic heterocycles. The van der Waals surface area contributed by atoms with Crippen LogP contribution in [0.15, 0.2) is 42.5 Å². The highest BCUT2D eigenvalue weighted by atomic mass is 19.4. The summed E-state index contributed by atoms with van der Waals surface area (Å²) in [5.74, 6) is -0.272. The zero-order chi connectivity index (χ0) is 24.9. The van der Waals surface area contributed by atoms with Gasteiger partial charge in [0.1, 0.15) is 17.0 Å². The standard InChI is InChI=1S/C24H26F3N3O4/c1-23(2,3)34-22(32)28-12-6-7-13-33-21-17-9-5-4-8-16(17)20(29-30-21)18-11-10-15(14-19(18)31)24(25,26)27/h4-5,8-11,14,31H,6-7,12-13H2,1-3H3,(H,28,32). The Labute approximate surface area is 194 Å². The minimum atomic E-state index is -4.57. The Balaban J connectivity index is 1.67. The number of phenolic OH excluding ortho intramolecular Hbond substituents is 1. The van der Waals surface area contributed by atoms with E-state index in [-0.39, 0.29) is 17.1 Å². The number of fused-ring (bicyclic) bond motifs is 1. The Morgan fingerprint density at radius 1 is 1.03 bits per heavy atom. The van der Waals surface area contributed by atoms with E-state index < -0.39 is 29.2 Å². The molecule has 0 radical (unpaired) electrons. The molecule has 0 bridgehead atoms. The predicted molar refractivity (Wildman–Crippen MR) is 121 cm³/mol. The van der Waals surface area contributed by atoms with Crippen molar-refractivity contribution in [1.82, 2.24) is 15.5 Å². The first kappa shape index (κ1) is 25.1. The average molecular weight is 477 g/mol. The topological polar surface area (TPSA) is 93.6 Å². The lowest BCUT2D eigenvalue weighted by molar-refractivity contribution is -0.137. The molecule has 7 nitrogen and oxygen atoms in total. The number of nitrogens with one attached hydrogen (secondary N) is 1. The lowest BCUT2D eigenvalue weighted by atomic mass is 10.0. The van der Waals surface area contributed by atoms with E-state index in [1.165, 1.54) is 6.07 Å². The molecular formula is C24H26F3N3O4. The number of carbonyl (C=O) groups excluding carboxylic acids is 1. The number of hydrogen-bond acceptors (Lipinski definition) is 6. The maximum absolute atomic E-state index is 12.9. The fourth-order valence-corrected chi connectivity index (χ4v) is 3.19. The van der Waals surface area contributed by atoms with Gasteiger partial charge in [0.15, 0.2) is 0 Å². The van der Waals surface area contributed by atoms with Crippen molar-refractivity contribution in [2.24, 2.45) is 0 Å². The van der Waals surface area contributed by atoms with Crippen LogP contribution in [0.1, 0.15) is 39.2 Å². The number of aromatic nitrogens is 2. The molecule has 0 saturated carbocycles. The highest BCUT2D eigenvalue weighted by Gasteiger charge is 2.31. The van der Waals surface area contributed by atoms with Crippen molar-refractivity contribution < 1.29 is 32.5 Å². The molecule has 0 unspecified atom stereocenters. The summed E-state index contributed by atoms with van der Waals surface area (Å²) in [4.78, 5) is 11.6. The molecule has 0 atom stereocenters. The van der Waals surface area contributed by atoms with Gasteiger partial charge >= 0.3 is 12.3 Å². The lowest BCUT2D eigenvalue weighted by Crippen LogP contribution is -2.33. The van der Waals surface area contributed by atoms with E-state index in [0.29, 0.717) is 42.8 Å². The molecule has 1 heterocycles. The average Bonchev–Trinajstić information content (AvgIpc) is 2.74. The van der Waals surface area contributed by atoms with Crippen LogP contribution < -0.4 is 10.1 Å². The minimum Gasteiger partial charge on any atom is -0.507 e. The fourth-order valence-electron chi connectivity index (χ4n) is 3.19. The van der Waals surface area contributed by atoms with Crippen LogP contribution in [0.3, 0.4) is 0 Å². The van der Waals surface area contributed by atoms with Crippen LogP contribution in [0, 0.1) is 0 Å². The number of hydrogen-bond donors (Lipinski definition) is 2. The second kappa shape index (κ2) is 10.1. The number of nitrogens with zero attached hydrogens (tertiary/aromatic N) is 2. The first-order chi connectivity index (χ1) is 16.0. The Kier molecular flexibility index (Phi) is 7.48. The third-order valence-corrected chi connectivity index (χ3v) is 4.71. The number of carbonyl (C=O) groups is 1. The summed E-state index contributed by atoms with van der Waals surface area (Å²) in [7, 11) is 0. The van der Waals surface area contributed by atoms with E-state index in [2.05, 4.69) is 15.5 Å². The van der Waals surface area contributed by atoms with Crippen LogP contribution in [-0.4, -0.2) is 40.1 Å². The molecule has 1 amide bonds. The number of phenols is 1. The molecule has 0 fully saturated rings. The Morgan fingerprint density at radius 2 is 1.74 bits per heavy atom. The van der Waals surface area contributed by atoms with Crippen LogP contribution in [0.5, 0.6) is 11.6 Å². The summed E-state index contributed by atoms with van der Waals surface area (Å²) in [6.07, 6.45) is -3.76. The Morgan fingerprint density at radius 3 is 2.38 bits per heavy atom. The maximum atomic E-state index is 12.9. The van der Waals surface area contributed by atoms with Crippen LogP contribution in [-0.2, 0) is 10.9 Å². The summed E-state index contributed by atoms with van der Waals surface area (Å²) in [6.45, 7) is 6.11. The van der Waals surface area contributed by atoms with Gasteiger partial charge in [0.2, 0.25) is 5.88 Å². The summed E-state index contributed by atoms with van der Waals surface area (Å²) in [5.41, 5.74) is -1.13. The molecule has 3 rings (SSSR count). The van der Waals surface area contributed by atoms with E-state index in [4.69, 9.17) is 9.47 Å². The summed E-state index contributed by atoms with van der Waals surface area (Å²) >= 11 is 0. The van der Waals surface area contributed by atoms with E-state index in [1.54, 1.807) is 45.0 Å². The van der Waals surface area contributed by atoms with Crippen molar-refractivity contribution in [2.45, 2.75) is 45.4 Å². The first-order valence-electron chi connectivity index (χ1n) is 10.7. The van der Waals surface area contributed by atoms with Crippen molar-refractivity contribution in [1.29, 1.82) is 0 Å². The normalized spacial score (nSPS) is 11.9. The molecule has 0 aliphatic rings. The van der Waals surface area contributed by atoms with Crippen molar-refractivity contribution in [3.63, 3.8) is 0 Å². The number of unbranched alkanes of at least 4 members (excludes halogenated alkanes) is 1. The highest BCUT2D eigenvalue weighted by Crippen LogP contribution is 2.38. The molecule has 182 valence electrons. The monoisotopic (exact) mass is 477 g/mol. The largest absolute Gasteiger partial charge is 0.507 e. The SMILES string of the molecule is CC(C)(C)OC(=O)NCCCCOc1nnc(-c2ccc(C(F)(F)F)cc2O)c2ccccc12. The van der Waals surface area contributed by atoms with Gasteiger partial charge in [-0.1, -0.05) is 18.2 Å². The van der Waals surface area contributed by atoms with Crippen molar-refractivity contribution in [3.05, 3.63) is 48.0 Å². The third-order valence-electron chi connectivity index (χ3n) is 4.71. The zero-order valence-electron chi connectivity index (χ0n) is 19.1. The van der Waals surface area contributed by atoms with Crippen LogP contribution >= 0.6 is 0 Å². The summed E-state index contributed by atoms with van der Waals surface area (Å²) in [6, 6.07) is 9.75. The lowest BCUT2D eigenvalue weighted by Gasteiger charge is -2.19. The van der Waals surface area contributed by atoms with Gasteiger partial charge in [-0.3, -0.25) is 0 Å². The number of aromatic hydroxyl groups is 1. The number of alkyl halides is 3. The molecule has 1 aromatic heterocycles. The summed E-state index contributed by atoms with van der Waals surface area (Å²) in [5, 5.41) is 22.3. The molecule has 10 heteroatoms. The van der Waals surface area contributed by atoms with Gasteiger partial charge in [0.05, 0.1) is 12.2 Å². The second-order valence-electron chi connectivity index (χ2n) is 8.61. The molecule has 0 aliphatic carbocycles. The Bertz CT molecular complexity index is 1160. The maximum Gasteiger partial charge on any atom is 0.416 e. The van der Waals surface area contributed by atoms with Gasteiger partial charge in [-0.2, -0.15) is 13.2 Å². The van der Waals surface area contributed by atoms with Crippen LogP contribution in [0.2, 0.25) is 0 Å². The number of alkyl carbamates (subject to hydrolysis) is 1. The van der Waals surface area contributed by atoms with Crippen molar-refractivity contribution in [3.8, 4) is 22.9 Å². The molecule has 2 N–H and O–H groups in total. The smallest absolute Gasteiger partial charge is 0.416 e. The number of rotatable bonds is 7. The second-order valence-corrected chi connectivity index (χ2v) is 8.61. The predicted octanol–water partition coefficient (Wildman–Crippen LogP) is 5.70. The molecule has 0 spiro atoms. The van der Waals surface area contributed by atoms with Crippen molar-refractivity contribution >= 4 is 16.9 Å². The number of amides is 1. The molecule has 0 saturated heterocycles. The third kappa shape index (κ3) is 6.49. The Hall–Kier alpha value is -3.56. The molecule has 3 aromatic rings. The number of halogens is 3. The molecule has 34 heavy (non-hydrogen) atoms. The van der Waals surface area contributed by atoms with Gasteiger partial charge in [0, 0.05) is 22.9 Å². The quantitative estimate of drug-likeness (QED) is 0.424. The van der Waals surface area contributed by atoms with Crippen molar-refractivity contribution in [2.75, 3.05) is 13.2 Å². The zero-order valence-corrected chi connectivity index (χ0v) is 19.1. The van der Waals surface area contributed by atoms with E-state index in [0.717, 1.165) is 6.07 Å². The van der Waals surface area contributed by atoms with Gasteiger partial charge in [-0.15, -0.1) is 10.2 Å². The highest BCUT2D eigenvalue weighted by molar-refractivity contribution is 5.98. The van der Waals surface area contributed by atoms with E-state index >= 15 is 0 Å². The van der Waals surface area contributed by atoms with Gasteiger partial charge in [-0.05, 0) is 57.9 Å². The van der Waals surface area contributed by atoms with Crippen LogP contribution in [0.4, 0.5) is 18.0 Å². The van der Waals surface area contributed by atoms with Gasteiger partial charge in [-0.25, -0.2) is 4.79 Å². The first-order valence-corrected chi connectivity index (χ1v) is 10.7. The minimum absolute atomic E-state index is 0.136. The van der Waals surface area contributed by atoms with Gasteiger partial charge < -0.3 is 19.9 Å². The van der Waals surface area contributed by atoms with E-state index in [1.807, 2.05) is 0 Å². The summed E-state index contributed by atoms with van der Waals surface area (Å²) < 4.78 is 49.7. The van der Waals surface area contributed by atoms with E-state index in [9.17, 15) is 23.1 Å². The molecule has 2 aromatic carbocycles. The van der Waals surface area contributed by atoms with Crippen LogP contribution in [0.25, 0.3) is 22.0 Å². The number of benzene rings is 2. The fraction of sp³-hybridized carbons (Fsp3) is 0.375. The van der Waals surface area contributed by atoms with Gasteiger partial charge in [0.25, 0.3) is 0 Å². The number of ether oxygens (including phenoxy) is 2. The molecular weight excluding hydrogens is 451 g/mol.